The number of terminal acetylenes is 1. The summed E-state index contributed by atoms with van der Waals surface area (Å²) < 4.78 is 39.6. The standard InChI is InChI=1S/C9H14F3NO/c1-3-5-8(13-4-2)6-14-7-9(10,11)12/h1,8,13H,4-7H2,2H3. The van der Waals surface area contributed by atoms with E-state index in [1.54, 1.807) is 0 Å². The van der Waals surface area contributed by atoms with Crippen molar-refractivity contribution < 1.29 is 17.9 Å². The molecule has 5 heteroatoms. The maximum absolute atomic E-state index is 11.7. The van der Waals surface area contributed by atoms with E-state index < -0.39 is 12.8 Å². The fourth-order valence-electron chi connectivity index (χ4n) is 0.938. The van der Waals surface area contributed by atoms with Crippen molar-refractivity contribution in [3.05, 3.63) is 0 Å². The van der Waals surface area contributed by atoms with Crippen LogP contribution in [0.15, 0.2) is 0 Å². The summed E-state index contributed by atoms with van der Waals surface area (Å²) in [7, 11) is 0. The van der Waals surface area contributed by atoms with Gasteiger partial charge in [-0.3, -0.25) is 0 Å². The highest BCUT2D eigenvalue weighted by atomic mass is 19.4. The maximum atomic E-state index is 11.7. The Morgan fingerprint density at radius 1 is 1.50 bits per heavy atom. The van der Waals surface area contributed by atoms with Crippen molar-refractivity contribution >= 4 is 0 Å². The normalized spacial score (nSPS) is 13.6. The van der Waals surface area contributed by atoms with Gasteiger partial charge in [-0.2, -0.15) is 13.2 Å². The van der Waals surface area contributed by atoms with Crippen LogP contribution in [0.25, 0.3) is 0 Å². The van der Waals surface area contributed by atoms with Gasteiger partial charge in [0.15, 0.2) is 0 Å². The molecule has 1 atom stereocenters. The second-order valence-electron chi connectivity index (χ2n) is 2.79. The highest BCUT2D eigenvalue weighted by Gasteiger charge is 2.27. The van der Waals surface area contributed by atoms with Crippen LogP contribution in [-0.4, -0.2) is 32.0 Å². The van der Waals surface area contributed by atoms with E-state index in [9.17, 15) is 13.2 Å². The molecule has 0 aromatic heterocycles. The molecule has 0 spiro atoms. The number of rotatable bonds is 6. The number of nitrogens with one attached hydrogen (secondary N) is 1. The number of ether oxygens (including phenoxy) is 1. The molecular formula is C9H14F3NO. The van der Waals surface area contributed by atoms with E-state index in [4.69, 9.17) is 6.42 Å². The first-order valence-corrected chi connectivity index (χ1v) is 4.31. The van der Waals surface area contributed by atoms with Crippen LogP contribution in [-0.2, 0) is 4.74 Å². The van der Waals surface area contributed by atoms with Crippen LogP contribution in [0, 0.1) is 12.3 Å². The summed E-state index contributed by atoms with van der Waals surface area (Å²) in [6, 6.07) is -0.202. The lowest BCUT2D eigenvalue weighted by Crippen LogP contribution is -2.34. The van der Waals surface area contributed by atoms with Crippen LogP contribution in [0.4, 0.5) is 13.2 Å². The molecule has 0 aliphatic heterocycles. The minimum absolute atomic E-state index is 0.0163. The Kier molecular flexibility index (Phi) is 6.34. The van der Waals surface area contributed by atoms with Crippen molar-refractivity contribution in [1.82, 2.24) is 5.32 Å². The van der Waals surface area contributed by atoms with E-state index in [-0.39, 0.29) is 12.6 Å². The molecule has 0 bridgehead atoms. The zero-order valence-corrected chi connectivity index (χ0v) is 8.03. The Balaban J connectivity index is 3.66. The largest absolute Gasteiger partial charge is 0.411 e. The van der Waals surface area contributed by atoms with Crippen molar-refractivity contribution in [2.45, 2.75) is 25.6 Å². The summed E-state index contributed by atoms with van der Waals surface area (Å²) >= 11 is 0. The van der Waals surface area contributed by atoms with Crippen LogP contribution in [0.2, 0.25) is 0 Å². The molecule has 0 saturated heterocycles. The molecule has 0 heterocycles. The fraction of sp³-hybridized carbons (Fsp3) is 0.778. The molecular weight excluding hydrogens is 195 g/mol. The van der Waals surface area contributed by atoms with Crippen LogP contribution < -0.4 is 5.32 Å². The molecule has 82 valence electrons. The number of alkyl halides is 3. The summed E-state index contributed by atoms with van der Waals surface area (Å²) in [6.45, 7) is 1.27. The minimum atomic E-state index is -4.27. The molecule has 14 heavy (non-hydrogen) atoms. The topological polar surface area (TPSA) is 21.3 Å². The molecule has 0 rings (SSSR count). The molecule has 0 saturated carbocycles. The zero-order valence-electron chi connectivity index (χ0n) is 8.03. The van der Waals surface area contributed by atoms with Crippen LogP contribution in [0.5, 0.6) is 0 Å². The molecule has 0 aromatic rings. The van der Waals surface area contributed by atoms with Gasteiger partial charge in [0.1, 0.15) is 6.61 Å². The average Bonchev–Trinajstić information content (AvgIpc) is 2.02. The third-order valence-corrected chi connectivity index (χ3v) is 1.44. The fourth-order valence-corrected chi connectivity index (χ4v) is 0.938. The highest BCUT2D eigenvalue weighted by molar-refractivity contribution is 4.89. The molecule has 0 aromatic carbocycles. The smallest absolute Gasteiger partial charge is 0.370 e. The quantitative estimate of drug-likeness (QED) is 0.670. The molecule has 1 unspecified atom stereocenters. The second-order valence-corrected chi connectivity index (χ2v) is 2.79. The Hall–Kier alpha value is -0.730. The van der Waals surface area contributed by atoms with E-state index in [0.29, 0.717) is 13.0 Å². The molecule has 0 aliphatic rings. The van der Waals surface area contributed by atoms with Gasteiger partial charge in [0, 0.05) is 12.5 Å². The molecule has 0 aliphatic carbocycles. The highest BCUT2D eigenvalue weighted by Crippen LogP contribution is 2.14. The van der Waals surface area contributed by atoms with Crippen molar-refractivity contribution in [1.29, 1.82) is 0 Å². The Morgan fingerprint density at radius 2 is 2.14 bits per heavy atom. The van der Waals surface area contributed by atoms with E-state index in [0.717, 1.165) is 0 Å². The van der Waals surface area contributed by atoms with Crippen LogP contribution >= 0.6 is 0 Å². The van der Waals surface area contributed by atoms with E-state index in [1.165, 1.54) is 0 Å². The van der Waals surface area contributed by atoms with E-state index in [2.05, 4.69) is 16.0 Å². The zero-order chi connectivity index (χ0) is 11.0. The van der Waals surface area contributed by atoms with Crippen LogP contribution in [0.1, 0.15) is 13.3 Å². The molecule has 2 nitrogen and oxygen atoms in total. The average molecular weight is 209 g/mol. The summed E-state index contributed by atoms with van der Waals surface area (Å²) in [5.41, 5.74) is 0. The lowest BCUT2D eigenvalue weighted by atomic mass is 10.2. The summed E-state index contributed by atoms with van der Waals surface area (Å²) in [4.78, 5) is 0. The van der Waals surface area contributed by atoms with Crippen molar-refractivity contribution in [2.24, 2.45) is 0 Å². The first kappa shape index (κ1) is 13.3. The third-order valence-electron chi connectivity index (χ3n) is 1.44. The predicted molar refractivity (Wildman–Crippen MR) is 47.8 cm³/mol. The van der Waals surface area contributed by atoms with Gasteiger partial charge in [-0.1, -0.05) is 6.92 Å². The molecule has 0 fully saturated rings. The predicted octanol–water partition coefficient (Wildman–Crippen LogP) is 1.57. The van der Waals surface area contributed by atoms with Gasteiger partial charge in [0.05, 0.1) is 6.61 Å². The third kappa shape index (κ3) is 7.90. The SMILES string of the molecule is C#CCC(COCC(F)(F)F)NCC. The first-order valence-electron chi connectivity index (χ1n) is 4.31. The van der Waals surface area contributed by atoms with Gasteiger partial charge in [0.2, 0.25) is 0 Å². The number of likely N-dealkylation sites (N-methyl/N-ethyl adjacent to an activating group) is 1. The summed E-state index contributed by atoms with van der Waals surface area (Å²) in [6.07, 6.45) is 1.15. The number of halogens is 3. The van der Waals surface area contributed by atoms with Crippen LogP contribution in [0.3, 0.4) is 0 Å². The maximum Gasteiger partial charge on any atom is 0.411 e. The van der Waals surface area contributed by atoms with Gasteiger partial charge in [0.25, 0.3) is 0 Å². The Labute approximate surface area is 81.8 Å². The second kappa shape index (κ2) is 6.68. The van der Waals surface area contributed by atoms with Gasteiger partial charge in [-0.15, -0.1) is 12.3 Å². The number of hydrogen-bond donors (Lipinski definition) is 1. The van der Waals surface area contributed by atoms with E-state index in [1.807, 2.05) is 6.92 Å². The first-order chi connectivity index (χ1) is 6.49. The molecule has 0 amide bonds. The van der Waals surface area contributed by atoms with E-state index >= 15 is 0 Å². The number of hydrogen-bond acceptors (Lipinski definition) is 2. The van der Waals surface area contributed by atoms with Crippen molar-refractivity contribution in [3.63, 3.8) is 0 Å². The Morgan fingerprint density at radius 3 is 2.57 bits per heavy atom. The summed E-state index contributed by atoms with van der Waals surface area (Å²) in [5, 5.41) is 2.93. The van der Waals surface area contributed by atoms with Crippen molar-refractivity contribution in [3.8, 4) is 12.3 Å². The lowest BCUT2D eigenvalue weighted by molar-refractivity contribution is -0.175. The van der Waals surface area contributed by atoms with Gasteiger partial charge in [-0.25, -0.2) is 0 Å². The van der Waals surface area contributed by atoms with Gasteiger partial charge in [-0.05, 0) is 6.54 Å². The van der Waals surface area contributed by atoms with Gasteiger partial charge >= 0.3 is 6.18 Å². The molecule has 1 N–H and O–H groups in total. The van der Waals surface area contributed by atoms with Crippen molar-refractivity contribution in [2.75, 3.05) is 19.8 Å². The molecule has 0 radical (unpaired) electrons. The van der Waals surface area contributed by atoms with Gasteiger partial charge < -0.3 is 10.1 Å². The lowest BCUT2D eigenvalue weighted by Gasteiger charge is -2.15. The summed E-state index contributed by atoms with van der Waals surface area (Å²) in [5.74, 6) is 2.38. The monoisotopic (exact) mass is 209 g/mol. The Bertz CT molecular complexity index is 185. The minimum Gasteiger partial charge on any atom is -0.370 e.